The number of aromatic amines is 1. The summed E-state index contributed by atoms with van der Waals surface area (Å²) in [6.07, 6.45) is 4.02. The van der Waals surface area contributed by atoms with Crippen LogP contribution in [0.25, 0.3) is 0 Å². The predicted molar refractivity (Wildman–Crippen MR) is 50.2 cm³/mol. The number of hydrogen-bond donors (Lipinski definition) is 1. The molecule has 0 atom stereocenters. The number of piperidine rings is 1. The van der Waals surface area contributed by atoms with E-state index < -0.39 is 0 Å². The summed E-state index contributed by atoms with van der Waals surface area (Å²) < 4.78 is 0. The zero-order chi connectivity index (χ0) is 9.10. The van der Waals surface area contributed by atoms with Crippen molar-refractivity contribution in [2.75, 3.05) is 13.1 Å². The van der Waals surface area contributed by atoms with E-state index in [-0.39, 0.29) is 0 Å². The van der Waals surface area contributed by atoms with E-state index in [4.69, 9.17) is 0 Å². The fourth-order valence-electron chi connectivity index (χ4n) is 1.78. The third kappa shape index (κ3) is 2.28. The molecular formula is C9H16N4. The number of hydrogen-bond acceptors (Lipinski definition) is 3. The molecule has 0 saturated carbocycles. The molecule has 0 bridgehead atoms. The Labute approximate surface area is 78.4 Å². The zero-order valence-corrected chi connectivity index (χ0v) is 8.08. The Kier molecular flexibility index (Phi) is 2.59. The summed E-state index contributed by atoms with van der Waals surface area (Å²) in [5.41, 5.74) is 0. The van der Waals surface area contributed by atoms with Crippen LogP contribution in [0, 0.1) is 6.92 Å². The number of rotatable bonds is 2. The van der Waals surface area contributed by atoms with Crippen molar-refractivity contribution in [3.8, 4) is 0 Å². The highest BCUT2D eigenvalue weighted by Crippen LogP contribution is 2.10. The van der Waals surface area contributed by atoms with Gasteiger partial charge < -0.3 is 0 Å². The molecule has 4 heteroatoms. The van der Waals surface area contributed by atoms with Gasteiger partial charge >= 0.3 is 0 Å². The predicted octanol–water partition coefficient (Wildman–Crippen LogP) is 1.10. The molecule has 1 aromatic heterocycles. The van der Waals surface area contributed by atoms with Crippen LogP contribution in [0.5, 0.6) is 0 Å². The maximum absolute atomic E-state index is 4.30. The molecular weight excluding hydrogens is 164 g/mol. The van der Waals surface area contributed by atoms with Gasteiger partial charge in [-0.2, -0.15) is 5.10 Å². The first-order chi connectivity index (χ1) is 6.34. The van der Waals surface area contributed by atoms with Crippen LogP contribution >= 0.6 is 0 Å². The van der Waals surface area contributed by atoms with Crippen molar-refractivity contribution in [3.05, 3.63) is 11.6 Å². The highest BCUT2D eigenvalue weighted by molar-refractivity contribution is 4.87. The molecule has 1 aliphatic rings. The minimum atomic E-state index is 0.907. The summed E-state index contributed by atoms with van der Waals surface area (Å²) in [5, 5.41) is 7.00. The van der Waals surface area contributed by atoms with Crippen LogP contribution in [0.1, 0.15) is 30.9 Å². The Morgan fingerprint density at radius 3 is 2.69 bits per heavy atom. The van der Waals surface area contributed by atoms with Crippen molar-refractivity contribution < 1.29 is 0 Å². The van der Waals surface area contributed by atoms with Crippen LogP contribution in [0.3, 0.4) is 0 Å². The first kappa shape index (κ1) is 8.69. The molecule has 4 nitrogen and oxygen atoms in total. The van der Waals surface area contributed by atoms with Gasteiger partial charge in [-0.05, 0) is 32.9 Å². The van der Waals surface area contributed by atoms with Gasteiger partial charge in [0.2, 0.25) is 0 Å². The Morgan fingerprint density at radius 1 is 1.31 bits per heavy atom. The fraction of sp³-hybridized carbons (Fsp3) is 0.778. The molecule has 1 fully saturated rings. The normalized spacial score (nSPS) is 19.2. The first-order valence-electron chi connectivity index (χ1n) is 4.95. The van der Waals surface area contributed by atoms with Crippen molar-refractivity contribution in [1.82, 2.24) is 20.1 Å². The number of H-pyrrole nitrogens is 1. The smallest absolute Gasteiger partial charge is 0.164 e. The van der Waals surface area contributed by atoms with E-state index in [1.807, 2.05) is 6.92 Å². The van der Waals surface area contributed by atoms with Crippen molar-refractivity contribution in [2.24, 2.45) is 0 Å². The van der Waals surface area contributed by atoms with Gasteiger partial charge in [-0.3, -0.25) is 10.00 Å². The molecule has 2 heterocycles. The van der Waals surface area contributed by atoms with Crippen LogP contribution in [0.15, 0.2) is 0 Å². The molecule has 2 rings (SSSR count). The van der Waals surface area contributed by atoms with E-state index in [1.54, 1.807) is 0 Å². The summed E-state index contributed by atoms with van der Waals surface area (Å²) in [4.78, 5) is 6.72. The summed E-state index contributed by atoms with van der Waals surface area (Å²) >= 11 is 0. The van der Waals surface area contributed by atoms with Crippen LogP contribution in [-0.2, 0) is 6.54 Å². The minimum Gasteiger partial charge on any atom is -0.296 e. The zero-order valence-electron chi connectivity index (χ0n) is 8.08. The summed E-state index contributed by atoms with van der Waals surface area (Å²) in [6, 6.07) is 0. The Bertz CT molecular complexity index is 262. The lowest BCUT2D eigenvalue weighted by atomic mass is 10.1. The van der Waals surface area contributed by atoms with Gasteiger partial charge in [0.1, 0.15) is 5.82 Å². The number of nitrogens with one attached hydrogen (secondary N) is 1. The van der Waals surface area contributed by atoms with E-state index in [2.05, 4.69) is 20.1 Å². The third-order valence-corrected chi connectivity index (χ3v) is 2.46. The molecule has 0 unspecified atom stereocenters. The molecule has 1 aromatic rings. The highest BCUT2D eigenvalue weighted by atomic mass is 15.2. The van der Waals surface area contributed by atoms with Crippen LogP contribution in [-0.4, -0.2) is 33.2 Å². The number of aryl methyl sites for hydroxylation is 1. The largest absolute Gasteiger partial charge is 0.296 e. The third-order valence-electron chi connectivity index (χ3n) is 2.46. The lowest BCUT2D eigenvalue weighted by Crippen LogP contribution is -2.29. The quantitative estimate of drug-likeness (QED) is 0.741. The Morgan fingerprint density at radius 2 is 2.08 bits per heavy atom. The topological polar surface area (TPSA) is 44.8 Å². The molecule has 0 radical (unpaired) electrons. The molecule has 13 heavy (non-hydrogen) atoms. The van der Waals surface area contributed by atoms with Crippen molar-refractivity contribution in [1.29, 1.82) is 0 Å². The van der Waals surface area contributed by atoms with Gasteiger partial charge in [-0.15, -0.1) is 0 Å². The average molecular weight is 180 g/mol. The molecule has 0 aromatic carbocycles. The standard InChI is InChI=1S/C9H16N4/c1-8-10-9(12-11-8)7-13-5-3-2-4-6-13/h2-7H2,1H3,(H,10,11,12). The monoisotopic (exact) mass is 180 g/mol. The van der Waals surface area contributed by atoms with Crippen molar-refractivity contribution in [2.45, 2.75) is 32.7 Å². The average Bonchev–Trinajstić information content (AvgIpc) is 2.53. The number of likely N-dealkylation sites (tertiary alicyclic amines) is 1. The first-order valence-corrected chi connectivity index (χ1v) is 4.95. The summed E-state index contributed by atoms with van der Waals surface area (Å²) in [6.45, 7) is 5.25. The lowest BCUT2D eigenvalue weighted by molar-refractivity contribution is 0.216. The van der Waals surface area contributed by atoms with Gasteiger partial charge in [0.05, 0.1) is 6.54 Å². The maximum Gasteiger partial charge on any atom is 0.164 e. The van der Waals surface area contributed by atoms with E-state index >= 15 is 0 Å². The molecule has 1 N–H and O–H groups in total. The second-order valence-corrected chi connectivity index (χ2v) is 3.67. The van der Waals surface area contributed by atoms with E-state index in [1.165, 1.54) is 32.4 Å². The fourth-order valence-corrected chi connectivity index (χ4v) is 1.78. The van der Waals surface area contributed by atoms with Gasteiger partial charge in [0.25, 0.3) is 0 Å². The highest BCUT2D eigenvalue weighted by Gasteiger charge is 2.12. The second kappa shape index (κ2) is 3.87. The lowest BCUT2D eigenvalue weighted by Gasteiger charge is -2.24. The molecule has 1 saturated heterocycles. The maximum atomic E-state index is 4.30. The summed E-state index contributed by atoms with van der Waals surface area (Å²) in [7, 11) is 0. The number of nitrogens with zero attached hydrogens (tertiary/aromatic N) is 3. The van der Waals surface area contributed by atoms with Gasteiger partial charge in [0, 0.05) is 0 Å². The minimum absolute atomic E-state index is 0.907. The van der Waals surface area contributed by atoms with Gasteiger partial charge in [-0.25, -0.2) is 4.98 Å². The van der Waals surface area contributed by atoms with Crippen LogP contribution < -0.4 is 0 Å². The van der Waals surface area contributed by atoms with Crippen molar-refractivity contribution in [3.63, 3.8) is 0 Å². The Hall–Kier alpha value is -0.900. The van der Waals surface area contributed by atoms with E-state index in [0.717, 1.165) is 18.2 Å². The molecule has 72 valence electrons. The second-order valence-electron chi connectivity index (χ2n) is 3.67. The molecule has 0 spiro atoms. The summed E-state index contributed by atoms with van der Waals surface area (Å²) in [5.74, 6) is 1.84. The van der Waals surface area contributed by atoms with Crippen molar-refractivity contribution >= 4 is 0 Å². The van der Waals surface area contributed by atoms with Crippen LogP contribution in [0.4, 0.5) is 0 Å². The van der Waals surface area contributed by atoms with Gasteiger partial charge in [-0.1, -0.05) is 6.42 Å². The molecule has 1 aliphatic heterocycles. The molecule has 0 amide bonds. The van der Waals surface area contributed by atoms with E-state index in [9.17, 15) is 0 Å². The van der Waals surface area contributed by atoms with Crippen LogP contribution in [0.2, 0.25) is 0 Å². The molecule has 0 aliphatic carbocycles. The SMILES string of the molecule is Cc1nc(CN2CCCCC2)n[nH]1. The number of aromatic nitrogens is 3. The Balaban J connectivity index is 1.89. The van der Waals surface area contributed by atoms with Gasteiger partial charge in [0.15, 0.2) is 5.82 Å². The van der Waals surface area contributed by atoms with E-state index in [0.29, 0.717) is 0 Å².